The zero-order chi connectivity index (χ0) is 14.4. The summed E-state index contributed by atoms with van der Waals surface area (Å²) < 4.78 is 2.20. The molecule has 21 heavy (non-hydrogen) atoms. The Hall–Kier alpha value is -1.66. The van der Waals surface area contributed by atoms with Crippen LogP contribution in [0.5, 0.6) is 0 Å². The maximum Gasteiger partial charge on any atom is 0.193 e. The molecule has 1 N–H and O–H groups in total. The van der Waals surface area contributed by atoms with Gasteiger partial charge in [0.2, 0.25) is 0 Å². The largest absolute Gasteiger partial charge is 0.359 e. The van der Waals surface area contributed by atoms with Gasteiger partial charge in [0.25, 0.3) is 0 Å². The number of hydrogen-bond donors (Lipinski definition) is 1. The van der Waals surface area contributed by atoms with Crippen LogP contribution >= 0.6 is 22.7 Å². The first kappa shape index (κ1) is 13.0. The molecule has 0 radical (unpaired) electrons. The Balaban J connectivity index is 1.71. The molecule has 0 unspecified atom stereocenters. The predicted molar refractivity (Wildman–Crippen MR) is 88.7 cm³/mol. The number of thiazole rings is 2. The van der Waals surface area contributed by atoms with Gasteiger partial charge in [-0.2, -0.15) is 0 Å². The Bertz CT molecular complexity index is 766. The quantitative estimate of drug-likeness (QED) is 0.782. The first-order valence-electron chi connectivity index (χ1n) is 7.03. The van der Waals surface area contributed by atoms with Gasteiger partial charge in [-0.25, -0.2) is 9.97 Å². The summed E-state index contributed by atoms with van der Waals surface area (Å²) in [5.74, 6) is 0. The first-order valence-corrected chi connectivity index (χ1v) is 8.79. The number of anilines is 1. The summed E-state index contributed by atoms with van der Waals surface area (Å²) in [6.45, 7) is 4.25. The molecular formula is C15H16N4S2. The van der Waals surface area contributed by atoms with E-state index in [0.717, 1.165) is 16.0 Å². The average molecular weight is 316 g/mol. The van der Waals surface area contributed by atoms with Gasteiger partial charge >= 0.3 is 0 Å². The Kier molecular flexibility index (Phi) is 3.08. The summed E-state index contributed by atoms with van der Waals surface area (Å²) in [5.41, 5.74) is 4.65. The van der Waals surface area contributed by atoms with Crippen molar-refractivity contribution >= 4 is 27.8 Å². The van der Waals surface area contributed by atoms with Crippen LogP contribution in [0.15, 0.2) is 23.0 Å². The van der Waals surface area contributed by atoms with Crippen molar-refractivity contribution in [3.05, 3.63) is 34.4 Å². The summed E-state index contributed by atoms with van der Waals surface area (Å²) in [6, 6.07) is 2.85. The molecule has 3 aromatic heterocycles. The molecule has 108 valence electrons. The van der Waals surface area contributed by atoms with Crippen molar-refractivity contribution in [2.45, 2.75) is 32.7 Å². The lowest BCUT2D eigenvalue weighted by Crippen LogP contribution is -2.00. The third-order valence-corrected chi connectivity index (χ3v) is 5.26. The summed E-state index contributed by atoms with van der Waals surface area (Å²) in [5, 5.41) is 9.66. The Morgan fingerprint density at radius 1 is 1.29 bits per heavy atom. The number of nitrogens with one attached hydrogen (secondary N) is 1. The minimum absolute atomic E-state index is 0.645. The molecule has 1 fully saturated rings. The molecule has 1 saturated carbocycles. The van der Waals surface area contributed by atoms with Crippen LogP contribution < -0.4 is 5.32 Å². The maximum atomic E-state index is 4.73. The molecule has 0 aliphatic heterocycles. The summed E-state index contributed by atoms with van der Waals surface area (Å²) >= 11 is 3.35. The van der Waals surface area contributed by atoms with Crippen molar-refractivity contribution in [1.29, 1.82) is 0 Å². The molecule has 4 rings (SSSR count). The van der Waals surface area contributed by atoms with Gasteiger partial charge in [-0.15, -0.1) is 22.7 Å². The van der Waals surface area contributed by atoms with E-state index >= 15 is 0 Å². The van der Waals surface area contributed by atoms with Gasteiger partial charge in [0.15, 0.2) is 10.3 Å². The fourth-order valence-corrected chi connectivity index (χ4v) is 4.05. The van der Waals surface area contributed by atoms with Crippen molar-refractivity contribution < 1.29 is 0 Å². The molecule has 3 heterocycles. The number of nitrogens with zero attached hydrogens (tertiary/aromatic N) is 3. The highest BCUT2D eigenvalue weighted by molar-refractivity contribution is 7.14. The zero-order valence-electron chi connectivity index (χ0n) is 12.0. The van der Waals surface area contributed by atoms with Crippen LogP contribution in [0.25, 0.3) is 16.4 Å². The van der Waals surface area contributed by atoms with E-state index in [1.165, 1.54) is 29.8 Å². The van der Waals surface area contributed by atoms with Crippen LogP contribution in [0.4, 0.5) is 5.13 Å². The van der Waals surface area contributed by atoms with E-state index < -0.39 is 0 Å². The van der Waals surface area contributed by atoms with Crippen LogP contribution in [0.2, 0.25) is 0 Å². The first-order chi connectivity index (χ1) is 10.2. The topological polar surface area (TPSA) is 42.7 Å². The minimum Gasteiger partial charge on any atom is -0.359 e. The van der Waals surface area contributed by atoms with E-state index in [1.807, 2.05) is 11.6 Å². The molecule has 0 atom stereocenters. The molecule has 0 aromatic carbocycles. The fourth-order valence-electron chi connectivity index (χ4n) is 2.51. The van der Waals surface area contributed by atoms with E-state index in [1.54, 1.807) is 22.7 Å². The van der Waals surface area contributed by atoms with Gasteiger partial charge in [0, 0.05) is 40.0 Å². The van der Waals surface area contributed by atoms with E-state index in [0.29, 0.717) is 6.04 Å². The van der Waals surface area contributed by atoms with E-state index in [-0.39, 0.29) is 0 Å². The summed E-state index contributed by atoms with van der Waals surface area (Å²) in [6.07, 6.45) is 4.39. The second kappa shape index (κ2) is 4.96. The van der Waals surface area contributed by atoms with Crippen LogP contribution in [0.1, 0.15) is 24.2 Å². The summed E-state index contributed by atoms with van der Waals surface area (Å²) in [4.78, 5) is 9.15. The SMILES string of the molecule is Cc1cc(-c2csc(NC3CC3)n2)c(C)n1-c1nccs1. The second-order valence-electron chi connectivity index (χ2n) is 5.39. The van der Waals surface area contributed by atoms with Crippen molar-refractivity contribution in [3.63, 3.8) is 0 Å². The van der Waals surface area contributed by atoms with E-state index in [9.17, 15) is 0 Å². The number of rotatable bonds is 4. The lowest BCUT2D eigenvalue weighted by molar-refractivity contribution is 0.951. The highest BCUT2D eigenvalue weighted by atomic mass is 32.1. The normalized spacial score (nSPS) is 14.6. The molecule has 3 aromatic rings. The highest BCUT2D eigenvalue weighted by Crippen LogP contribution is 2.33. The third kappa shape index (κ3) is 2.38. The zero-order valence-corrected chi connectivity index (χ0v) is 13.6. The highest BCUT2D eigenvalue weighted by Gasteiger charge is 2.22. The van der Waals surface area contributed by atoms with Gasteiger partial charge < -0.3 is 5.32 Å². The Morgan fingerprint density at radius 2 is 2.14 bits per heavy atom. The van der Waals surface area contributed by atoms with Gasteiger partial charge in [0.1, 0.15) is 0 Å². The van der Waals surface area contributed by atoms with Crippen LogP contribution in [0, 0.1) is 13.8 Å². The standard InChI is InChI=1S/C15H16N4S2/c1-9-7-12(10(2)19(9)15-16-5-6-20-15)13-8-21-14(18-13)17-11-3-4-11/h5-8,11H,3-4H2,1-2H3,(H,17,18). The van der Waals surface area contributed by atoms with Crippen LogP contribution in [-0.4, -0.2) is 20.6 Å². The molecular weight excluding hydrogens is 300 g/mol. The summed E-state index contributed by atoms with van der Waals surface area (Å²) in [7, 11) is 0. The van der Waals surface area contributed by atoms with Crippen molar-refractivity contribution in [2.24, 2.45) is 0 Å². The smallest absolute Gasteiger partial charge is 0.193 e. The maximum absolute atomic E-state index is 4.73. The number of hydrogen-bond acceptors (Lipinski definition) is 5. The molecule has 4 nitrogen and oxygen atoms in total. The Labute approximate surface area is 131 Å². The molecule has 1 aliphatic carbocycles. The Morgan fingerprint density at radius 3 is 2.86 bits per heavy atom. The van der Waals surface area contributed by atoms with Crippen molar-refractivity contribution in [2.75, 3.05) is 5.32 Å². The molecule has 0 saturated heterocycles. The lowest BCUT2D eigenvalue weighted by atomic mass is 10.2. The van der Waals surface area contributed by atoms with Gasteiger partial charge in [-0.1, -0.05) is 0 Å². The van der Waals surface area contributed by atoms with E-state index in [2.05, 4.69) is 40.2 Å². The van der Waals surface area contributed by atoms with Crippen LogP contribution in [-0.2, 0) is 0 Å². The molecule has 0 spiro atoms. The van der Waals surface area contributed by atoms with Crippen molar-refractivity contribution in [3.8, 4) is 16.4 Å². The lowest BCUT2D eigenvalue weighted by Gasteiger charge is -2.04. The predicted octanol–water partition coefficient (Wildman–Crippen LogP) is 4.25. The number of aromatic nitrogens is 3. The monoisotopic (exact) mass is 316 g/mol. The average Bonchev–Trinajstić information content (AvgIpc) is 2.88. The molecule has 0 amide bonds. The second-order valence-corrected chi connectivity index (χ2v) is 7.12. The molecule has 0 bridgehead atoms. The minimum atomic E-state index is 0.645. The molecule has 1 aliphatic rings. The molecule has 6 heteroatoms. The third-order valence-electron chi connectivity index (χ3n) is 3.73. The van der Waals surface area contributed by atoms with Gasteiger partial charge in [-0.3, -0.25) is 4.57 Å². The van der Waals surface area contributed by atoms with Gasteiger partial charge in [0.05, 0.1) is 5.69 Å². The van der Waals surface area contributed by atoms with E-state index in [4.69, 9.17) is 4.98 Å². The van der Waals surface area contributed by atoms with Crippen molar-refractivity contribution in [1.82, 2.24) is 14.5 Å². The number of aryl methyl sites for hydroxylation is 1. The van der Waals surface area contributed by atoms with Crippen LogP contribution in [0.3, 0.4) is 0 Å². The van der Waals surface area contributed by atoms with Gasteiger partial charge in [-0.05, 0) is 32.8 Å². The fraction of sp³-hybridized carbons (Fsp3) is 0.333.